The molecule has 0 saturated carbocycles. The van der Waals surface area contributed by atoms with Crippen LogP contribution in [0.15, 0.2) is 30.7 Å². The predicted octanol–water partition coefficient (Wildman–Crippen LogP) is 3.00. The maximum Gasteiger partial charge on any atom is 0.435 e. The summed E-state index contributed by atoms with van der Waals surface area (Å²) in [7, 11) is 0. The number of pyridine rings is 1. The molecule has 0 aromatic carbocycles. The van der Waals surface area contributed by atoms with Crippen LogP contribution < -0.4 is 0 Å². The lowest BCUT2D eigenvalue weighted by Crippen LogP contribution is -2.08. The van der Waals surface area contributed by atoms with Crippen molar-refractivity contribution >= 4 is 11.6 Å². The molecule has 0 N–H and O–H groups in total. The molecule has 0 spiro atoms. The lowest BCUT2D eigenvalue weighted by molar-refractivity contribution is -0.141. The average Bonchev–Trinajstić information content (AvgIpc) is 2.69. The van der Waals surface area contributed by atoms with Crippen LogP contribution in [0.4, 0.5) is 13.2 Å². The zero-order valence-corrected chi connectivity index (χ0v) is 9.20. The summed E-state index contributed by atoms with van der Waals surface area (Å²) in [5, 5.41) is 3.83. The van der Waals surface area contributed by atoms with Gasteiger partial charge < -0.3 is 0 Å². The standard InChI is InChI=1S/C10H7ClF3N3/c11-8-5-15-3-1-7(8)6-17-4-2-9(16-17)10(12,13)14/h1-5H,6H2. The van der Waals surface area contributed by atoms with Gasteiger partial charge in [-0.05, 0) is 17.7 Å². The fourth-order valence-electron chi connectivity index (χ4n) is 1.31. The van der Waals surface area contributed by atoms with Crippen molar-refractivity contribution in [1.29, 1.82) is 0 Å². The van der Waals surface area contributed by atoms with E-state index >= 15 is 0 Å². The van der Waals surface area contributed by atoms with E-state index in [4.69, 9.17) is 11.6 Å². The van der Waals surface area contributed by atoms with Crippen molar-refractivity contribution in [2.75, 3.05) is 0 Å². The molecule has 2 rings (SSSR count). The number of aromatic nitrogens is 3. The molecule has 7 heteroatoms. The van der Waals surface area contributed by atoms with Crippen molar-refractivity contribution in [3.05, 3.63) is 47.0 Å². The Bertz CT molecular complexity index is 522. The molecule has 0 radical (unpaired) electrons. The molecule has 0 saturated heterocycles. The Morgan fingerprint density at radius 3 is 2.65 bits per heavy atom. The molecule has 90 valence electrons. The molecule has 17 heavy (non-hydrogen) atoms. The third-order valence-corrected chi connectivity index (χ3v) is 2.46. The van der Waals surface area contributed by atoms with Gasteiger partial charge in [-0.25, -0.2) is 0 Å². The van der Waals surface area contributed by atoms with E-state index in [-0.39, 0.29) is 6.54 Å². The molecule has 0 aliphatic heterocycles. The quantitative estimate of drug-likeness (QED) is 0.832. The maximum absolute atomic E-state index is 12.3. The lowest BCUT2D eigenvalue weighted by Gasteiger charge is -2.04. The number of alkyl halides is 3. The molecule has 3 nitrogen and oxygen atoms in total. The Morgan fingerprint density at radius 1 is 1.29 bits per heavy atom. The number of halogens is 4. The lowest BCUT2D eigenvalue weighted by atomic mass is 10.3. The Hall–Kier alpha value is -1.56. The highest BCUT2D eigenvalue weighted by atomic mass is 35.5. The van der Waals surface area contributed by atoms with E-state index in [1.165, 1.54) is 23.3 Å². The summed E-state index contributed by atoms with van der Waals surface area (Å²) in [6.45, 7) is 0.178. The first-order valence-corrected chi connectivity index (χ1v) is 5.03. The van der Waals surface area contributed by atoms with E-state index in [2.05, 4.69) is 10.1 Å². The van der Waals surface area contributed by atoms with Crippen LogP contribution in [0.25, 0.3) is 0 Å². The summed E-state index contributed by atoms with van der Waals surface area (Å²) < 4.78 is 38.1. The highest BCUT2D eigenvalue weighted by molar-refractivity contribution is 6.31. The minimum atomic E-state index is -4.42. The van der Waals surface area contributed by atoms with E-state index in [1.807, 2.05) is 0 Å². The van der Waals surface area contributed by atoms with Crippen molar-refractivity contribution in [1.82, 2.24) is 14.8 Å². The molecule has 0 bridgehead atoms. The number of rotatable bonds is 2. The van der Waals surface area contributed by atoms with E-state index in [1.54, 1.807) is 6.07 Å². The molecular formula is C10H7ClF3N3. The fourth-order valence-corrected chi connectivity index (χ4v) is 1.49. The van der Waals surface area contributed by atoms with E-state index in [9.17, 15) is 13.2 Å². The predicted molar refractivity (Wildman–Crippen MR) is 55.6 cm³/mol. The van der Waals surface area contributed by atoms with Crippen molar-refractivity contribution in [2.24, 2.45) is 0 Å². The van der Waals surface area contributed by atoms with Crippen molar-refractivity contribution in [2.45, 2.75) is 12.7 Å². The van der Waals surface area contributed by atoms with Crippen molar-refractivity contribution in [3.8, 4) is 0 Å². The van der Waals surface area contributed by atoms with Crippen molar-refractivity contribution < 1.29 is 13.2 Å². The molecule has 0 atom stereocenters. The molecule has 2 aromatic rings. The molecule has 0 unspecified atom stereocenters. The SMILES string of the molecule is FC(F)(F)c1ccn(Cc2ccncc2Cl)n1. The van der Waals surface area contributed by atoms with E-state index in [0.717, 1.165) is 6.07 Å². The van der Waals surface area contributed by atoms with Gasteiger partial charge in [0, 0.05) is 18.6 Å². The summed E-state index contributed by atoms with van der Waals surface area (Å²) in [6.07, 6.45) is -0.201. The summed E-state index contributed by atoms with van der Waals surface area (Å²) in [4.78, 5) is 3.79. The van der Waals surface area contributed by atoms with Gasteiger partial charge in [0.1, 0.15) is 0 Å². The average molecular weight is 262 g/mol. The van der Waals surface area contributed by atoms with Crippen LogP contribution >= 0.6 is 11.6 Å². The second kappa shape index (κ2) is 4.37. The molecular weight excluding hydrogens is 255 g/mol. The van der Waals surface area contributed by atoms with Gasteiger partial charge in [0.2, 0.25) is 0 Å². The summed E-state index contributed by atoms with van der Waals surface area (Å²) >= 11 is 5.85. The molecule has 0 fully saturated rings. The van der Waals surface area contributed by atoms with Gasteiger partial charge in [0.05, 0.1) is 11.6 Å². The largest absolute Gasteiger partial charge is 0.435 e. The minimum absolute atomic E-state index is 0.178. The van der Waals surface area contributed by atoms with Crippen LogP contribution in [0.1, 0.15) is 11.3 Å². The van der Waals surface area contributed by atoms with Gasteiger partial charge in [-0.3, -0.25) is 9.67 Å². The summed E-state index contributed by atoms with van der Waals surface area (Å²) in [5.41, 5.74) is -0.249. The van der Waals surface area contributed by atoms with Gasteiger partial charge in [-0.2, -0.15) is 18.3 Å². The fraction of sp³-hybridized carbons (Fsp3) is 0.200. The third kappa shape index (κ3) is 2.76. The first-order valence-electron chi connectivity index (χ1n) is 4.66. The monoisotopic (exact) mass is 261 g/mol. The maximum atomic E-state index is 12.3. The second-order valence-electron chi connectivity index (χ2n) is 3.36. The Morgan fingerprint density at radius 2 is 2.06 bits per heavy atom. The number of hydrogen-bond donors (Lipinski definition) is 0. The van der Waals surface area contributed by atoms with Crippen LogP contribution in [0.2, 0.25) is 5.02 Å². The zero-order chi connectivity index (χ0) is 12.5. The minimum Gasteiger partial charge on any atom is -0.268 e. The summed E-state index contributed by atoms with van der Waals surface area (Å²) in [5.74, 6) is 0. The van der Waals surface area contributed by atoms with E-state index < -0.39 is 11.9 Å². The number of nitrogens with zero attached hydrogens (tertiary/aromatic N) is 3. The Kier molecular flexibility index (Phi) is 3.06. The van der Waals surface area contributed by atoms with Crippen LogP contribution in [0.3, 0.4) is 0 Å². The second-order valence-corrected chi connectivity index (χ2v) is 3.77. The molecule has 0 aliphatic carbocycles. The van der Waals surface area contributed by atoms with Crippen LogP contribution in [0.5, 0.6) is 0 Å². The van der Waals surface area contributed by atoms with Gasteiger partial charge in [-0.15, -0.1) is 0 Å². The third-order valence-electron chi connectivity index (χ3n) is 2.12. The van der Waals surface area contributed by atoms with Crippen LogP contribution in [0, 0.1) is 0 Å². The van der Waals surface area contributed by atoms with Crippen molar-refractivity contribution in [3.63, 3.8) is 0 Å². The Labute approximate surface area is 99.8 Å². The number of hydrogen-bond acceptors (Lipinski definition) is 2. The van der Waals surface area contributed by atoms with Gasteiger partial charge in [0.25, 0.3) is 0 Å². The molecule has 2 aromatic heterocycles. The summed E-state index contributed by atoms with van der Waals surface area (Å²) in [6, 6.07) is 2.56. The first kappa shape index (κ1) is 11.9. The Balaban J connectivity index is 2.21. The molecule has 0 aliphatic rings. The van der Waals surface area contributed by atoms with Crippen LogP contribution in [-0.4, -0.2) is 14.8 Å². The topological polar surface area (TPSA) is 30.7 Å². The van der Waals surface area contributed by atoms with Crippen LogP contribution in [-0.2, 0) is 12.7 Å². The molecule has 2 heterocycles. The highest BCUT2D eigenvalue weighted by Gasteiger charge is 2.33. The zero-order valence-electron chi connectivity index (χ0n) is 8.45. The normalized spacial score (nSPS) is 11.8. The van der Waals surface area contributed by atoms with Gasteiger partial charge >= 0.3 is 6.18 Å². The van der Waals surface area contributed by atoms with Gasteiger partial charge in [-0.1, -0.05) is 11.6 Å². The van der Waals surface area contributed by atoms with Gasteiger partial charge in [0.15, 0.2) is 5.69 Å². The highest BCUT2D eigenvalue weighted by Crippen LogP contribution is 2.27. The first-order chi connectivity index (χ1) is 7.97. The van der Waals surface area contributed by atoms with E-state index in [0.29, 0.717) is 10.6 Å². The molecule has 0 amide bonds. The smallest absolute Gasteiger partial charge is 0.268 e.